The summed E-state index contributed by atoms with van der Waals surface area (Å²) in [5, 5.41) is 5.49. The van der Waals surface area contributed by atoms with Crippen molar-refractivity contribution in [2.24, 2.45) is 5.92 Å². The van der Waals surface area contributed by atoms with E-state index in [0.717, 1.165) is 16.5 Å². The maximum atomic E-state index is 14.4. The van der Waals surface area contributed by atoms with Crippen LogP contribution in [0.3, 0.4) is 0 Å². The lowest BCUT2D eigenvalue weighted by Gasteiger charge is -2.16. The number of rotatable bonds is 4. The van der Waals surface area contributed by atoms with Crippen LogP contribution >= 0.6 is 0 Å². The molecule has 4 aromatic heterocycles. The fourth-order valence-corrected chi connectivity index (χ4v) is 3.79. The van der Waals surface area contributed by atoms with Crippen LogP contribution in [0.25, 0.3) is 33.7 Å². The molecule has 1 unspecified atom stereocenters. The summed E-state index contributed by atoms with van der Waals surface area (Å²) in [5.74, 6) is 0.829. The van der Waals surface area contributed by atoms with Gasteiger partial charge in [-0.2, -0.15) is 5.10 Å². The highest BCUT2D eigenvalue weighted by Gasteiger charge is 2.20. The Balaban J connectivity index is 1.57. The van der Waals surface area contributed by atoms with Gasteiger partial charge in [0, 0.05) is 30.4 Å². The molecule has 1 atom stereocenters. The van der Waals surface area contributed by atoms with Crippen LogP contribution in [0.5, 0.6) is 0 Å². The molecular formula is C23H20FN7. The van der Waals surface area contributed by atoms with Gasteiger partial charge in [0.1, 0.15) is 17.3 Å². The zero-order valence-corrected chi connectivity index (χ0v) is 16.9. The number of nitrogen functional groups attached to an aromatic ring is 1. The number of nitrogens with zero attached hydrogens (tertiary/aromatic N) is 6. The van der Waals surface area contributed by atoms with Gasteiger partial charge in [-0.25, -0.2) is 24.0 Å². The second-order valence-electron chi connectivity index (χ2n) is 7.60. The zero-order valence-electron chi connectivity index (χ0n) is 16.9. The van der Waals surface area contributed by atoms with Crippen LogP contribution in [-0.4, -0.2) is 29.7 Å². The first-order valence-corrected chi connectivity index (χ1v) is 10.0. The van der Waals surface area contributed by atoms with Gasteiger partial charge in [-0.3, -0.25) is 4.98 Å². The van der Waals surface area contributed by atoms with Crippen LogP contribution in [0.4, 0.5) is 10.2 Å². The van der Waals surface area contributed by atoms with Crippen LogP contribution < -0.4 is 5.73 Å². The van der Waals surface area contributed by atoms with E-state index in [-0.39, 0.29) is 11.7 Å². The van der Waals surface area contributed by atoms with E-state index >= 15 is 0 Å². The first kappa shape index (κ1) is 19.0. The van der Waals surface area contributed by atoms with Crippen LogP contribution in [0, 0.1) is 5.92 Å². The van der Waals surface area contributed by atoms with E-state index in [1.165, 1.54) is 6.08 Å². The fraction of sp³-hybridized carbons (Fsp3) is 0.174. The number of aromatic nitrogens is 6. The minimum atomic E-state index is -0.207. The van der Waals surface area contributed by atoms with Crippen molar-refractivity contribution in [1.29, 1.82) is 0 Å². The molecule has 5 rings (SSSR count). The highest BCUT2D eigenvalue weighted by atomic mass is 19.1. The van der Waals surface area contributed by atoms with Crippen molar-refractivity contribution >= 4 is 16.9 Å². The van der Waals surface area contributed by atoms with Crippen molar-refractivity contribution in [3.05, 3.63) is 72.6 Å². The van der Waals surface area contributed by atoms with E-state index in [2.05, 4.69) is 26.9 Å². The van der Waals surface area contributed by atoms with Crippen molar-refractivity contribution in [2.75, 3.05) is 5.73 Å². The molecule has 2 N–H and O–H groups in total. The molecule has 0 amide bonds. The lowest BCUT2D eigenvalue weighted by atomic mass is 9.95. The first-order valence-electron chi connectivity index (χ1n) is 10.0. The van der Waals surface area contributed by atoms with Crippen molar-refractivity contribution < 1.29 is 4.39 Å². The number of fused-ring (bicyclic) bond motifs is 1. The second kappa shape index (κ2) is 7.71. The predicted octanol–water partition coefficient (Wildman–Crippen LogP) is 4.35. The molecule has 1 aliphatic rings. The Bertz CT molecular complexity index is 1320. The molecule has 4 aromatic rings. The predicted molar refractivity (Wildman–Crippen MR) is 117 cm³/mol. The minimum Gasteiger partial charge on any atom is -0.383 e. The summed E-state index contributed by atoms with van der Waals surface area (Å²) in [7, 11) is 0. The summed E-state index contributed by atoms with van der Waals surface area (Å²) in [5.41, 5.74) is 9.77. The average Bonchev–Trinajstić information content (AvgIpc) is 3.15. The van der Waals surface area contributed by atoms with E-state index in [0.29, 0.717) is 41.5 Å². The van der Waals surface area contributed by atoms with Gasteiger partial charge < -0.3 is 5.73 Å². The van der Waals surface area contributed by atoms with Crippen LogP contribution in [-0.2, 0) is 6.54 Å². The van der Waals surface area contributed by atoms with Crippen molar-refractivity contribution in [1.82, 2.24) is 29.7 Å². The number of halogens is 1. The van der Waals surface area contributed by atoms with Gasteiger partial charge in [0.2, 0.25) is 0 Å². The van der Waals surface area contributed by atoms with E-state index in [1.54, 1.807) is 29.5 Å². The van der Waals surface area contributed by atoms with Gasteiger partial charge in [-0.1, -0.05) is 13.0 Å². The molecule has 7 nitrogen and oxygen atoms in total. The Morgan fingerprint density at radius 3 is 2.81 bits per heavy atom. The Morgan fingerprint density at radius 1 is 1.16 bits per heavy atom. The highest BCUT2D eigenvalue weighted by molar-refractivity contribution is 5.89. The first-order chi connectivity index (χ1) is 15.1. The number of pyridine rings is 2. The Labute approximate surface area is 178 Å². The molecule has 1 aliphatic carbocycles. The molecule has 8 heteroatoms. The number of anilines is 1. The van der Waals surface area contributed by atoms with E-state index in [4.69, 9.17) is 10.8 Å². The minimum absolute atomic E-state index is 0.207. The molecule has 0 saturated heterocycles. The lowest BCUT2D eigenvalue weighted by Crippen LogP contribution is -2.10. The monoisotopic (exact) mass is 413 g/mol. The molecule has 0 aromatic carbocycles. The maximum Gasteiger partial charge on any atom is 0.182 e. The van der Waals surface area contributed by atoms with Gasteiger partial charge in [-0.05, 0) is 53.8 Å². The third-order valence-electron chi connectivity index (χ3n) is 5.35. The van der Waals surface area contributed by atoms with Gasteiger partial charge in [0.25, 0.3) is 0 Å². The summed E-state index contributed by atoms with van der Waals surface area (Å²) < 4.78 is 16.1. The van der Waals surface area contributed by atoms with E-state index in [9.17, 15) is 4.39 Å². The summed E-state index contributed by atoms with van der Waals surface area (Å²) in [4.78, 5) is 17.5. The van der Waals surface area contributed by atoms with Crippen molar-refractivity contribution in [2.45, 2.75) is 19.9 Å². The molecule has 0 spiro atoms. The topological polar surface area (TPSA) is 95.4 Å². The average molecular weight is 413 g/mol. The third kappa shape index (κ3) is 3.56. The molecule has 31 heavy (non-hydrogen) atoms. The summed E-state index contributed by atoms with van der Waals surface area (Å²) in [6.45, 7) is 2.38. The van der Waals surface area contributed by atoms with E-state index in [1.807, 2.05) is 30.3 Å². The zero-order chi connectivity index (χ0) is 21.4. The third-order valence-corrected chi connectivity index (χ3v) is 5.35. The Hall–Kier alpha value is -3.94. The van der Waals surface area contributed by atoms with Gasteiger partial charge >= 0.3 is 0 Å². The van der Waals surface area contributed by atoms with Gasteiger partial charge in [0.15, 0.2) is 11.5 Å². The summed E-state index contributed by atoms with van der Waals surface area (Å²) in [6.07, 6.45) is 10.8. The van der Waals surface area contributed by atoms with Gasteiger partial charge in [-0.15, -0.1) is 0 Å². The summed E-state index contributed by atoms with van der Waals surface area (Å²) >= 11 is 0. The largest absolute Gasteiger partial charge is 0.383 e. The number of hydrogen-bond donors (Lipinski definition) is 1. The van der Waals surface area contributed by atoms with E-state index < -0.39 is 0 Å². The maximum absolute atomic E-state index is 14.4. The SMILES string of the molecule is CC1C=CC(F)=C(Cn2nc(-c3ncc(-c4ccncc4)c(N)n3)c3cccnc32)C1. The quantitative estimate of drug-likeness (QED) is 0.534. The van der Waals surface area contributed by atoms with Crippen molar-refractivity contribution in [3.63, 3.8) is 0 Å². The molecule has 0 fully saturated rings. The number of nitrogens with two attached hydrogens (primary N) is 1. The van der Waals surface area contributed by atoms with Gasteiger partial charge in [0.05, 0.1) is 11.9 Å². The number of allylic oxidation sites excluding steroid dienone is 4. The molecular weight excluding hydrogens is 393 g/mol. The number of hydrogen-bond acceptors (Lipinski definition) is 6. The molecule has 0 radical (unpaired) electrons. The highest BCUT2D eigenvalue weighted by Crippen LogP contribution is 2.31. The molecule has 0 saturated carbocycles. The lowest BCUT2D eigenvalue weighted by molar-refractivity contribution is 0.555. The molecule has 0 bridgehead atoms. The second-order valence-corrected chi connectivity index (χ2v) is 7.60. The normalized spacial score (nSPS) is 16.3. The summed E-state index contributed by atoms with van der Waals surface area (Å²) in [6, 6.07) is 7.44. The molecule has 4 heterocycles. The fourth-order valence-electron chi connectivity index (χ4n) is 3.79. The van der Waals surface area contributed by atoms with Crippen LogP contribution in [0.2, 0.25) is 0 Å². The smallest absolute Gasteiger partial charge is 0.182 e. The standard InChI is InChI=1S/C23H20FN7/c1-14-4-5-19(24)16(11-14)13-31-23-17(3-2-8-27-23)20(30-31)22-28-12-18(21(25)29-22)15-6-9-26-10-7-15/h2-10,12,14H,11,13H2,1H3,(H2,25,28,29). The van der Waals surface area contributed by atoms with Crippen molar-refractivity contribution in [3.8, 4) is 22.6 Å². The molecule has 154 valence electrons. The molecule has 0 aliphatic heterocycles. The Kier molecular flexibility index (Phi) is 4.74. The van der Waals surface area contributed by atoms with Crippen LogP contribution in [0.15, 0.2) is 72.6 Å². The Morgan fingerprint density at radius 2 is 2.00 bits per heavy atom. The van der Waals surface area contributed by atoms with Crippen LogP contribution in [0.1, 0.15) is 13.3 Å².